The number of benzene rings is 4. The molecule has 6 nitrogen and oxygen atoms in total. The average molecular weight is 624 g/mol. The highest BCUT2D eigenvalue weighted by Crippen LogP contribution is 2.40. The Balaban J connectivity index is 1.45. The van der Waals surface area contributed by atoms with Crippen LogP contribution in [0.25, 0.3) is 0 Å². The Hall–Kier alpha value is -2.78. The number of aliphatic hydroxyl groups is 1. The lowest BCUT2D eigenvalue weighted by atomic mass is 9.92. The van der Waals surface area contributed by atoms with E-state index >= 15 is 0 Å². The standard InChI is InChI=1S/C35H36Cl2O6/c36-34(37)35(38)33(42-24-29-19-11-4-12-20-29)32(41-23-28-17-9-3-10-18-28)31(40-22-27-15-7-2-8-16-27)30(43-35)25-39-21-26-13-5-1-6-14-26/h1-20,30-34,38H,21-25H2/t30?,31?,32?,33?,35-/m1/s1. The second-order valence-electron chi connectivity index (χ2n) is 10.4. The van der Waals surface area contributed by atoms with Crippen molar-refractivity contribution in [2.45, 2.75) is 61.5 Å². The first-order valence-corrected chi connectivity index (χ1v) is 15.2. The van der Waals surface area contributed by atoms with Gasteiger partial charge in [0, 0.05) is 0 Å². The Kier molecular flexibility index (Phi) is 11.6. The first-order chi connectivity index (χ1) is 21.0. The first kappa shape index (κ1) is 31.6. The highest BCUT2D eigenvalue weighted by molar-refractivity contribution is 6.45. The summed E-state index contributed by atoms with van der Waals surface area (Å²) in [4.78, 5) is -1.36. The van der Waals surface area contributed by atoms with Crippen molar-refractivity contribution in [3.05, 3.63) is 144 Å². The minimum absolute atomic E-state index is 0.0910. The van der Waals surface area contributed by atoms with Crippen LogP contribution in [0.4, 0.5) is 0 Å². The molecule has 4 aromatic carbocycles. The van der Waals surface area contributed by atoms with Gasteiger partial charge in [-0.25, -0.2) is 0 Å². The summed E-state index contributed by atoms with van der Waals surface area (Å²) < 4.78 is 31.8. The van der Waals surface area contributed by atoms with E-state index in [1.807, 2.05) is 121 Å². The summed E-state index contributed by atoms with van der Waals surface area (Å²) in [5, 5.41) is 11.9. The van der Waals surface area contributed by atoms with Crippen molar-refractivity contribution in [3.8, 4) is 0 Å². The minimum atomic E-state index is -2.12. The molecule has 1 aliphatic rings. The lowest BCUT2D eigenvalue weighted by molar-refractivity contribution is -0.365. The molecular weight excluding hydrogens is 587 g/mol. The number of halogens is 2. The van der Waals surface area contributed by atoms with Crippen molar-refractivity contribution in [1.29, 1.82) is 0 Å². The molecule has 43 heavy (non-hydrogen) atoms. The van der Waals surface area contributed by atoms with E-state index in [1.54, 1.807) is 0 Å². The summed E-state index contributed by atoms with van der Waals surface area (Å²) in [7, 11) is 0. The number of hydrogen-bond donors (Lipinski definition) is 1. The van der Waals surface area contributed by atoms with Gasteiger partial charge in [0.15, 0.2) is 4.84 Å². The molecule has 4 unspecified atom stereocenters. The fourth-order valence-corrected chi connectivity index (χ4v) is 5.41. The number of hydrogen-bond acceptors (Lipinski definition) is 6. The molecule has 0 bridgehead atoms. The number of rotatable bonds is 14. The minimum Gasteiger partial charge on any atom is -0.374 e. The molecule has 4 aromatic rings. The van der Waals surface area contributed by atoms with Crippen LogP contribution < -0.4 is 0 Å². The average Bonchev–Trinajstić information content (AvgIpc) is 3.04. The molecule has 1 aliphatic heterocycles. The van der Waals surface area contributed by atoms with Crippen molar-refractivity contribution in [3.63, 3.8) is 0 Å². The number of ether oxygens (including phenoxy) is 5. The van der Waals surface area contributed by atoms with Crippen LogP contribution in [-0.4, -0.2) is 46.8 Å². The monoisotopic (exact) mass is 622 g/mol. The topological polar surface area (TPSA) is 66.4 Å². The number of alkyl halides is 2. The van der Waals surface area contributed by atoms with Crippen LogP contribution in [-0.2, 0) is 50.1 Å². The molecule has 0 saturated carbocycles. The molecular formula is C35H36Cl2O6. The maximum absolute atomic E-state index is 11.9. The smallest absolute Gasteiger partial charge is 0.226 e. The van der Waals surface area contributed by atoms with E-state index in [9.17, 15) is 5.11 Å². The van der Waals surface area contributed by atoms with Crippen molar-refractivity contribution in [2.75, 3.05) is 6.61 Å². The van der Waals surface area contributed by atoms with Gasteiger partial charge in [-0.2, -0.15) is 0 Å². The zero-order chi connectivity index (χ0) is 29.9. The van der Waals surface area contributed by atoms with Gasteiger partial charge < -0.3 is 28.8 Å². The third-order valence-electron chi connectivity index (χ3n) is 7.29. The lowest BCUT2D eigenvalue weighted by Crippen LogP contribution is -2.69. The second kappa shape index (κ2) is 15.8. The SMILES string of the molecule is O[C@@]1(C(Cl)Cl)OC(COCc2ccccc2)C(OCc2ccccc2)C(OCc2ccccc2)C1OCc1ccccc1. The van der Waals surface area contributed by atoms with E-state index in [2.05, 4.69) is 0 Å². The van der Waals surface area contributed by atoms with Gasteiger partial charge in [-0.15, -0.1) is 0 Å². The molecule has 1 heterocycles. The fourth-order valence-electron chi connectivity index (χ4n) is 5.06. The van der Waals surface area contributed by atoms with E-state index in [0.717, 1.165) is 22.3 Å². The van der Waals surface area contributed by atoms with E-state index in [4.69, 9.17) is 46.9 Å². The normalized spacial score (nSPS) is 23.8. The zero-order valence-electron chi connectivity index (χ0n) is 23.7. The highest BCUT2D eigenvalue weighted by Gasteiger charge is 2.59. The van der Waals surface area contributed by atoms with E-state index in [1.165, 1.54) is 0 Å². The van der Waals surface area contributed by atoms with Gasteiger partial charge >= 0.3 is 0 Å². The molecule has 1 fully saturated rings. The van der Waals surface area contributed by atoms with Crippen molar-refractivity contribution in [2.24, 2.45) is 0 Å². The molecule has 0 aromatic heterocycles. The third-order valence-corrected chi connectivity index (χ3v) is 7.91. The third kappa shape index (κ3) is 8.66. The Bertz CT molecular complexity index is 1350. The van der Waals surface area contributed by atoms with Crippen LogP contribution in [0.5, 0.6) is 0 Å². The molecule has 1 saturated heterocycles. The summed E-state index contributed by atoms with van der Waals surface area (Å²) in [5.74, 6) is -2.12. The van der Waals surface area contributed by atoms with Gasteiger partial charge in [0.05, 0.1) is 33.0 Å². The molecule has 5 rings (SSSR count). The largest absolute Gasteiger partial charge is 0.374 e. The van der Waals surface area contributed by atoms with Gasteiger partial charge in [-0.3, -0.25) is 0 Å². The van der Waals surface area contributed by atoms with Crippen molar-refractivity contribution < 1.29 is 28.8 Å². The van der Waals surface area contributed by atoms with Crippen molar-refractivity contribution in [1.82, 2.24) is 0 Å². The van der Waals surface area contributed by atoms with E-state index < -0.39 is 35.0 Å². The van der Waals surface area contributed by atoms with Crippen LogP contribution in [0.15, 0.2) is 121 Å². The highest BCUT2D eigenvalue weighted by atomic mass is 35.5. The summed E-state index contributed by atoms with van der Waals surface area (Å²) in [6, 6.07) is 39.1. The molecule has 0 spiro atoms. The summed E-state index contributed by atoms with van der Waals surface area (Å²) in [6.45, 7) is 1.13. The molecule has 5 atom stereocenters. The maximum Gasteiger partial charge on any atom is 0.226 e. The van der Waals surface area contributed by atoms with Gasteiger partial charge in [0.25, 0.3) is 0 Å². The maximum atomic E-state index is 11.9. The van der Waals surface area contributed by atoms with Gasteiger partial charge in [0.1, 0.15) is 24.4 Å². The summed E-state index contributed by atoms with van der Waals surface area (Å²) in [5.41, 5.74) is 3.83. The Morgan fingerprint density at radius 2 is 0.977 bits per heavy atom. The van der Waals surface area contributed by atoms with Crippen molar-refractivity contribution >= 4 is 23.2 Å². The Labute approximate surface area is 263 Å². The Morgan fingerprint density at radius 1 is 0.581 bits per heavy atom. The molecule has 1 N–H and O–H groups in total. The van der Waals surface area contributed by atoms with Gasteiger partial charge in [-0.1, -0.05) is 145 Å². The first-order valence-electron chi connectivity index (χ1n) is 14.3. The van der Waals surface area contributed by atoms with E-state index in [0.29, 0.717) is 6.61 Å². The van der Waals surface area contributed by atoms with Crippen LogP contribution in [0.1, 0.15) is 22.3 Å². The predicted molar refractivity (Wildman–Crippen MR) is 166 cm³/mol. The van der Waals surface area contributed by atoms with Crippen LogP contribution in [0, 0.1) is 0 Å². The molecule has 0 amide bonds. The Morgan fingerprint density at radius 3 is 1.42 bits per heavy atom. The van der Waals surface area contributed by atoms with Gasteiger partial charge in [-0.05, 0) is 22.3 Å². The zero-order valence-corrected chi connectivity index (χ0v) is 25.2. The predicted octanol–water partition coefficient (Wildman–Crippen LogP) is 6.85. The summed E-state index contributed by atoms with van der Waals surface area (Å²) in [6.07, 6.45) is -3.40. The fraction of sp³-hybridized carbons (Fsp3) is 0.314. The molecule has 8 heteroatoms. The second-order valence-corrected chi connectivity index (χ2v) is 11.5. The van der Waals surface area contributed by atoms with Crippen LogP contribution in [0.2, 0.25) is 0 Å². The van der Waals surface area contributed by atoms with Gasteiger partial charge in [0.2, 0.25) is 5.79 Å². The molecule has 226 valence electrons. The summed E-state index contributed by atoms with van der Waals surface area (Å²) >= 11 is 12.9. The lowest BCUT2D eigenvalue weighted by Gasteiger charge is -2.50. The van der Waals surface area contributed by atoms with Crippen LogP contribution >= 0.6 is 23.2 Å². The quantitative estimate of drug-likeness (QED) is 0.155. The molecule has 0 radical (unpaired) electrons. The molecule has 0 aliphatic carbocycles. The van der Waals surface area contributed by atoms with E-state index in [-0.39, 0.29) is 26.4 Å². The van der Waals surface area contributed by atoms with Crippen LogP contribution in [0.3, 0.4) is 0 Å².